The number of hydrogen-bond acceptors (Lipinski definition) is 3. The quantitative estimate of drug-likeness (QED) is 0.640. The van der Waals surface area contributed by atoms with Gasteiger partial charge in [-0.3, -0.25) is 4.79 Å². The molecule has 0 aromatic heterocycles. The summed E-state index contributed by atoms with van der Waals surface area (Å²) in [5.74, 6) is 2.02. The average molecular weight is 323 g/mol. The highest BCUT2D eigenvalue weighted by Crippen LogP contribution is 2.49. The van der Waals surface area contributed by atoms with Gasteiger partial charge < -0.3 is 10.6 Å². The standard InChI is InChI=1S/C20H25N3O/c1-13-5-3-4-6-19(13)23-20(24)17(11-21)12-22-14(2)18-10-15-7-8-16(18)9-15/h3-6,12,14-16,18,22H,7-10H2,1-2H3,(H,23,24)/b17-12-. The number of hydrogen-bond donors (Lipinski definition) is 2. The predicted octanol–water partition coefficient (Wildman–Crippen LogP) is 3.76. The SMILES string of the molecule is Cc1ccccc1NC(=O)/C(C#N)=C\NC(C)C1CC2CCC1C2. The number of aryl methyl sites for hydroxylation is 1. The van der Waals surface area contributed by atoms with Crippen molar-refractivity contribution in [3.8, 4) is 6.07 Å². The monoisotopic (exact) mass is 323 g/mol. The van der Waals surface area contributed by atoms with Gasteiger partial charge in [0.05, 0.1) is 0 Å². The second kappa shape index (κ2) is 7.09. The molecule has 1 amide bonds. The van der Waals surface area contributed by atoms with Crippen LogP contribution >= 0.6 is 0 Å². The molecule has 2 aliphatic rings. The van der Waals surface area contributed by atoms with Crippen molar-refractivity contribution in [3.63, 3.8) is 0 Å². The number of amides is 1. The zero-order valence-corrected chi connectivity index (χ0v) is 14.4. The van der Waals surface area contributed by atoms with Crippen molar-refractivity contribution in [1.82, 2.24) is 5.32 Å². The minimum atomic E-state index is -0.362. The van der Waals surface area contributed by atoms with Gasteiger partial charge in [0, 0.05) is 17.9 Å². The first-order chi connectivity index (χ1) is 11.6. The first-order valence-electron chi connectivity index (χ1n) is 8.81. The Morgan fingerprint density at radius 2 is 2.12 bits per heavy atom. The van der Waals surface area contributed by atoms with Crippen LogP contribution in [0.2, 0.25) is 0 Å². The number of carbonyl (C=O) groups is 1. The molecule has 2 bridgehead atoms. The van der Waals surface area contributed by atoms with Crippen LogP contribution in [0.5, 0.6) is 0 Å². The molecule has 1 aromatic carbocycles. The summed E-state index contributed by atoms with van der Waals surface area (Å²) in [5.41, 5.74) is 1.84. The van der Waals surface area contributed by atoms with Crippen LogP contribution in [0.25, 0.3) is 0 Å². The first-order valence-corrected chi connectivity index (χ1v) is 8.81. The minimum Gasteiger partial charge on any atom is -0.387 e. The van der Waals surface area contributed by atoms with Gasteiger partial charge in [0.25, 0.3) is 5.91 Å². The third kappa shape index (κ3) is 3.46. The molecule has 4 nitrogen and oxygen atoms in total. The fourth-order valence-electron chi connectivity index (χ4n) is 4.30. The van der Waals surface area contributed by atoms with Gasteiger partial charge in [-0.25, -0.2) is 0 Å². The van der Waals surface area contributed by atoms with Crippen molar-refractivity contribution < 1.29 is 4.79 Å². The summed E-state index contributed by atoms with van der Waals surface area (Å²) in [6.07, 6.45) is 6.95. The molecule has 2 aliphatic carbocycles. The number of carbonyl (C=O) groups excluding carboxylic acids is 1. The third-order valence-electron chi connectivity index (χ3n) is 5.68. The van der Waals surface area contributed by atoms with Crippen LogP contribution in [0.1, 0.15) is 38.2 Å². The number of nitrogens with one attached hydrogen (secondary N) is 2. The molecule has 24 heavy (non-hydrogen) atoms. The summed E-state index contributed by atoms with van der Waals surface area (Å²) >= 11 is 0. The summed E-state index contributed by atoms with van der Waals surface area (Å²) < 4.78 is 0. The van der Waals surface area contributed by atoms with E-state index in [0.29, 0.717) is 12.0 Å². The summed E-state index contributed by atoms with van der Waals surface area (Å²) in [7, 11) is 0. The lowest BCUT2D eigenvalue weighted by Gasteiger charge is -2.28. The molecule has 0 spiro atoms. The Balaban J connectivity index is 1.61. The number of rotatable bonds is 5. The maximum atomic E-state index is 12.3. The number of benzene rings is 1. The maximum absolute atomic E-state index is 12.3. The summed E-state index contributed by atoms with van der Waals surface area (Å²) in [5, 5.41) is 15.4. The fraction of sp³-hybridized carbons (Fsp3) is 0.500. The smallest absolute Gasteiger partial charge is 0.267 e. The predicted molar refractivity (Wildman–Crippen MR) is 95.0 cm³/mol. The van der Waals surface area contributed by atoms with Gasteiger partial charge in [-0.05, 0) is 62.5 Å². The van der Waals surface area contributed by atoms with Crippen LogP contribution in [0.4, 0.5) is 5.69 Å². The molecular weight excluding hydrogens is 298 g/mol. The van der Waals surface area contributed by atoms with E-state index in [1.165, 1.54) is 25.7 Å². The lowest BCUT2D eigenvalue weighted by Crippen LogP contribution is -2.34. The van der Waals surface area contributed by atoms with Gasteiger partial charge in [-0.2, -0.15) is 5.26 Å². The van der Waals surface area contributed by atoms with Crippen molar-refractivity contribution >= 4 is 11.6 Å². The topological polar surface area (TPSA) is 64.9 Å². The number of anilines is 1. The van der Waals surface area contributed by atoms with Crippen LogP contribution in [0.3, 0.4) is 0 Å². The van der Waals surface area contributed by atoms with E-state index in [9.17, 15) is 10.1 Å². The van der Waals surface area contributed by atoms with E-state index in [0.717, 1.165) is 23.1 Å². The van der Waals surface area contributed by atoms with Crippen LogP contribution < -0.4 is 10.6 Å². The van der Waals surface area contributed by atoms with Crippen molar-refractivity contribution in [2.45, 2.75) is 45.6 Å². The molecule has 4 atom stereocenters. The zero-order valence-electron chi connectivity index (χ0n) is 14.4. The van der Waals surface area contributed by atoms with Crippen molar-refractivity contribution in [2.75, 3.05) is 5.32 Å². The second-order valence-corrected chi connectivity index (χ2v) is 7.23. The molecule has 0 radical (unpaired) electrons. The van der Waals surface area contributed by atoms with Crippen LogP contribution in [-0.4, -0.2) is 11.9 Å². The minimum absolute atomic E-state index is 0.119. The van der Waals surface area contributed by atoms with Gasteiger partial charge in [0.1, 0.15) is 11.6 Å². The largest absolute Gasteiger partial charge is 0.387 e. The van der Waals surface area contributed by atoms with Gasteiger partial charge >= 0.3 is 0 Å². The zero-order chi connectivity index (χ0) is 17.1. The number of fused-ring (bicyclic) bond motifs is 2. The van der Waals surface area contributed by atoms with Crippen molar-refractivity contribution in [3.05, 3.63) is 41.6 Å². The molecule has 0 aliphatic heterocycles. The highest BCUT2D eigenvalue weighted by atomic mass is 16.1. The first kappa shape index (κ1) is 16.6. The number of nitrogens with zero attached hydrogens (tertiary/aromatic N) is 1. The van der Waals surface area contributed by atoms with Gasteiger partial charge in [0.2, 0.25) is 0 Å². The number of para-hydroxylation sites is 1. The van der Waals surface area contributed by atoms with Crippen LogP contribution in [0, 0.1) is 36.0 Å². The summed E-state index contributed by atoms with van der Waals surface area (Å²) in [4.78, 5) is 12.3. The normalized spacial score (nSPS) is 26.7. The Morgan fingerprint density at radius 3 is 2.75 bits per heavy atom. The molecule has 126 valence electrons. The lowest BCUT2D eigenvalue weighted by molar-refractivity contribution is -0.112. The molecule has 0 saturated heterocycles. The van der Waals surface area contributed by atoms with E-state index in [1.54, 1.807) is 6.20 Å². The lowest BCUT2D eigenvalue weighted by atomic mass is 9.84. The molecule has 4 unspecified atom stereocenters. The molecule has 0 heterocycles. The van der Waals surface area contributed by atoms with E-state index in [1.807, 2.05) is 37.3 Å². The van der Waals surface area contributed by atoms with E-state index < -0.39 is 0 Å². The highest BCUT2D eigenvalue weighted by Gasteiger charge is 2.41. The highest BCUT2D eigenvalue weighted by molar-refractivity contribution is 6.06. The van der Waals surface area contributed by atoms with Crippen LogP contribution in [-0.2, 0) is 4.79 Å². The number of nitriles is 1. The van der Waals surface area contributed by atoms with E-state index >= 15 is 0 Å². The van der Waals surface area contributed by atoms with Crippen LogP contribution in [0.15, 0.2) is 36.0 Å². The molecule has 2 N–H and O–H groups in total. The Kier molecular flexibility index (Phi) is 4.89. The molecule has 1 aromatic rings. The fourth-order valence-corrected chi connectivity index (χ4v) is 4.30. The molecule has 3 rings (SSSR count). The van der Waals surface area contributed by atoms with Gasteiger partial charge in [-0.15, -0.1) is 0 Å². The van der Waals surface area contributed by atoms with Crippen molar-refractivity contribution in [1.29, 1.82) is 5.26 Å². The Morgan fingerprint density at radius 1 is 1.33 bits per heavy atom. The molecule has 4 heteroatoms. The average Bonchev–Trinajstić information content (AvgIpc) is 3.20. The molecule has 2 fully saturated rings. The van der Waals surface area contributed by atoms with Gasteiger partial charge in [-0.1, -0.05) is 24.6 Å². The van der Waals surface area contributed by atoms with E-state index in [2.05, 4.69) is 17.6 Å². The van der Waals surface area contributed by atoms with Crippen molar-refractivity contribution in [2.24, 2.45) is 17.8 Å². The summed E-state index contributed by atoms with van der Waals surface area (Å²) in [6.45, 7) is 4.09. The van der Waals surface area contributed by atoms with E-state index in [-0.39, 0.29) is 11.5 Å². The molecular formula is C20H25N3O. The Hall–Kier alpha value is -2.28. The summed E-state index contributed by atoms with van der Waals surface area (Å²) in [6, 6.07) is 9.87. The van der Waals surface area contributed by atoms with E-state index in [4.69, 9.17) is 0 Å². The maximum Gasteiger partial charge on any atom is 0.267 e. The molecule has 2 saturated carbocycles. The third-order valence-corrected chi connectivity index (χ3v) is 5.68. The second-order valence-electron chi connectivity index (χ2n) is 7.23. The van der Waals surface area contributed by atoms with Gasteiger partial charge in [0.15, 0.2) is 0 Å². The Bertz CT molecular complexity index is 688. The Labute approximate surface area is 143 Å².